The molecule has 2 atom stereocenters. The number of unbranched alkanes of at least 4 members (excludes halogenated alkanes) is 68. The van der Waals surface area contributed by atoms with Crippen molar-refractivity contribution in [2.24, 2.45) is 0 Å². The van der Waals surface area contributed by atoms with Crippen LogP contribution in [0.2, 0.25) is 0 Å². The minimum absolute atomic E-state index is 0.173. The van der Waals surface area contributed by atoms with E-state index in [2.05, 4.69) is 38.2 Å². The maximum Gasteiger partial charge on any atom is 0.361 e. The number of carboxylic acid groups (broad SMARTS) is 1. The quantitative estimate of drug-likeness (QED) is 0.0211. The Morgan fingerprint density at radius 3 is 0.782 bits per heavy atom. The van der Waals surface area contributed by atoms with Crippen LogP contribution in [0, 0.1) is 0 Å². The van der Waals surface area contributed by atoms with Crippen LogP contribution in [0.25, 0.3) is 0 Å². The van der Waals surface area contributed by atoms with Crippen LogP contribution >= 0.6 is 0 Å². The van der Waals surface area contributed by atoms with Crippen LogP contribution in [-0.2, 0) is 33.3 Å². The second kappa shape index (κ2) is 83.4. The van der Waals surface area contributed by atoms with Crippen LogP contribution in [0.4, 0.5) is 0 Å². The number of aliphatic carboxylic acids is 1. The van der Waals surface area contributed by atoms with Gasteiger partial charge in [0.15, 0.2) is 6.10 Å². The molecule has 0 aliphatic carbocycles. The van der Waals surface area contributed by atoms with Crippen molar-refractivity contribution in [1.82, 2.24) is 0 Å². The molecule has 0 aliphatic heterocycles. The summed E-state index contributed by atoms with van der Waals surface area (Å²) in [6, 6.07) is 0. The summed E-state index contributed by atoms with van der Waals surface area (Å²) in [5.74, 6) is -1.96. The number of allylic oxidation sites excluding steroid dienone is 4. The van der Waals surface area contributed by atoms with E-state index in [1.54, 1.807) is 0 Å². The molecule has 2 unspecified atom stereocenters. The molecule has 0 saturated heterocycles. The molecule has 598 valence electrons. The SMILES string of the molecule is CCCCCCC/C=C\C/C=C\CCCCCCCCCCCCCCCCCCCCCCCCCCCC(=O)OC(COC(=O)CCCCCCCCCCCCCCCCCCCCCCCCCCCCCCCCCCCCCCCCC)COC(OCC[N+](C)(C)C)C(=O)O. The van der Waals surface area contributed by atoms with Gasteiger partial charge in [-0.15, -0.1) is 0 Å². The summed E-state index contributed by atoms with van der Waals surface area (Å²) in [6.07, 6.45) is 105. The van der Waals surface area contributed by atoms with Crippen molar-refractivity contribution in [3.63, 3.8) is 0 Å². The van der Waals surface area contributed by atoms with Gasteiger partial charge in [-0.1, -0.05) is 456 Å². The van der Waals surface area contributed by atoms with E-state index in [1.807, 2.05) is 21.1 Å². The maximum absolute atomic E-state index is 13.0. The summed E-state index contributed by atoms with van der Waals surface area (Å²) in [5.41, 5.74) is 0. The Bertz CT molecular complexity index is 1710. The third kappa shape index (κ3) is 84.9. The fourth-order valence-electron chi connectivity index (χ4n) is 14.3. The van der Waals surface area contributed by atoms with Crippen LogP contribution in [-0.4, -0.2) is 87.4 Å². The fraction of sp³-hybridized carbons (Fsp3) is 0.924. The van der Waals surface area contributed by atoms with Crippen molar-refractivity contribution in [2.45, 2.75) is 501 Å². The lowest BCUT2D eigenvalue weighted by molar-refractivity contribution is -0.870. The number of quaternary nitrogens is 1. The van der Waals surface area contributed by atoms with E-state index < -0.39 is 18.4 Å². The third-order valence-electron chi connectivity index (χ3n) is 21.2. The van der Waals surface area contributed by atoms with E-state index in [1.165, 1.54) is 417 Å². The molecule has 1 N–H and O–H groups in total. The first kappa shape index (κ1) is 98.8. The van der Waals surface area contributed by atoms with E-state index in [0.29, 0.717) is 17.4 Å². The molecule has 0 aliphatic rings. The fourth-order valence-corrected chi connectivity index (χ4v) is 14.3. The van der Waals surface area contributed by atoms with Crippen LogP contribution in [0.15, 0.2) is 24.3 Å². The van der Waals surface area contributed by atoms with E-state index in [0.717, 1.165) is 44.9 Å². The molecule has 101 heavy (non-hydrogen) atoms. The number of likely N-dealkylation sites (N-methyl/N-ethyl adjacent to an activating group) is 1. The number of hydrogen-bond donors (Lipinski definition) is 1. The molecule has 0 amide bonds. The Balaban J connectivity index is 3.88. The van der Waals surface area contributed by atoms with Gasteiger partial charge in [0, 0.05) is 12.8 Å². The summed E-state index contributed by atoms with van der Waals surface area (Å²) in [7, 11) is 6.01. The first-order valence-electron chi connectivity index (χ1n) is 45.5. The molecule has 0 fully saturated rings. The molecule has 0 heterocycles. The average molecular weight is 1430 g/mol. The predicted octanol–water partition coefficient (Wildman–Crippen LogP) is 29.6. The van der Waals surface area contributed by atoms with Gasteiger partial charge in [-0.2, -0.15) is 0 Å². The van der Waals surface area contributed by atoms with E-state index in [4.69, 9.17) is 18.9 Å². The van der Waals surface area contributed by atoms with Crippen LogP contribution in [0.5, 0.6) is 0 Å². The average Bonchev–Trinajstić information content (AvgIpc) is 1.25. The second-order valence-corrected chi connectivity index (χ2v) is 32.6. The molecule has 9 nitrogen and oxygen atoms in total. The van der Waals surface area contributed by atoms with Gasteiger partial charge in [-0.3, -0.25) is 9.59 Å². The highest BCUT2D eigenvalue weighted by Gasteiger charge is 2.25. The Morgan fingerprint density at radius 2 is 0.535 bits per heavy atom. The zero-order valence-electron chi connectivity index (χ0n) is 68.9. The van der Waals surface area contributed by atoms with Crippen LogP contribution in [0.1, 0.15) is 489 Å². The van der Waals surface area contributed by atoms with Gasteiger partial charge in [-0.05, 0) is 44.9 Å². The van der Waals surface area contributed by atoms with E-state index >= 15 is 0 Å². The first-order chi connectivity index (χ1) is 49.6. The lowest BCUT2D eigenvalue weighted by atomic mass is 10.0. The Kier molecular flexibility index (Phi) is 81.6. The molecule has 0 aromatic heterocycles. The molecular weight excluding hydrogens is 1250 g/mol. The standard InChI is InChI=1S/C92H177NO8/c1-6-8-10-12-14-16-18-20-22-24-26-28-30-32-34-36-38-40-42-44-45-47-48-50-52-54-56-58-60-62-64-66-68-70-72-74-76-78-80-82-89(94)99-86-88(87-100-92(91(96)97)98-85-84-93(3,4)5)101-90(95)83-81-79-77-75-73-71-69-67-65-63-61-59-57-55-53-51-49-46-43-41-39-37-35-33-31-29-27-25-23-21-19-17-15-13-11-9-7-2/h19,21,25,27,88,92H,6-18,20,22-24,26,28-87H2,1-5H3/p+1/b21-19-,27-25-. The number of esters is 2. The summed E-state index contributed by atoms with van der Waals surface area (Å²) < 4.78 is 23.1. The normalized spacial score (nSPS) is 12.6. The summed E-state index contributed by atoms with van der Waals surface area (Å²) in [5, 5.41) is 9.79. The van der Waals surface area contributed by atoms with E-state index in [-0.39, 0.29) is 38.2 Å². The number of carboxylic acids is 1. The van der Waals surface area contributed by atoms with Gasteiger partial charge in [-0.25, -0.2) is 4.79 Å². The van der Waals surface area contributed by atoms with Crippen molar-refractivity contribution in [3.8, 4) is 0 Å². The summed E-state index contributed by atoms with van der Waals surface area (Å²) in [6.45, 7) is 4.97. The zero-order valence-corrected chi connectivity index (χ0v) is 68.9. The Morgan fingerprint density at radius 1 is 0.297 bits per heavy atom. The second-order valence-electron chi connectivity index (χ2n) is 32.6. The molecule has 0 saturated carbocycles. The van der Waals surface area contributed by atoms with Gasteiger partial charge >= 0.3 is 17.9 Å². The zero-order chi connectivity index (χ0) is 73.2. The molecular formula is C92H178NO8+. The first-order valence-corrected chi connectivity index (χ1v) is 45.5. The lowest BCUT2D eigenvalue weighted by Gasteiger charge is -2.25. The molecule has 9 heteroatoms. The molecule has 0 radical (unpaired) electrons. The summed E-state index contributed by atoms with van der Waals surface area (Å²) in [4.78, 5) is 37.8. The number of nitrogens with zero attached hydrogens (tertiary/aromatic N) is 1. The number of hydrogen-bond acceptors (Lipinski definition) is 7. The molecule has 0 aromatic carbocycles. The smallest absolute Gasteiger partial charge is 0.361 e. The minimum atomic E-state index is -1.51. The minimum Gasteiger partial charge on any atom is -0.477 e. The highest BCUT2D eigenvalue weighted by Crippen LogP contribution is 2.22. The number of carbonyl (C=O) groups is 3. The Hall–Kier alpha value is -2.23. The van der Waals surface area contributed by atoms with Crippen LogP contribution in [0.3, 0.4) is 0 Å². The molecule has 0 bridgehead atoms. The molecule has 0 spiro atoms. The van der Waals surface area contributed by atoms with Gasteiger partial charge in [0.2, 0.25) is 0 Å². The van der Waals surface area contributed by atoms with Crippen molar-refractivity contribution >= 4 is 17.9 Å². The molecule has 0 rings (SSSR count). The van der Waals surface area contributed by atoms with E-state index in [9.17, 15) is 19.5 Å². The lowest BCUT2D eigenvalue weighted by Crippen LogP contribution is -2.40. The molecule has 0 aromatic rings. The topological polar surface area (TPSA) is 108 Å². The van der Waals surface area contributed by atoms with Crippen molar-refractivity contribution < 1.29 is 42.9 Å². The van der Waals surface area contributed by atoms with Gasteiger partial charge < -0.3 is 28.5 Å². The van der Waals surface area contributed by atoms with Crippen molar-refractivity contribution in [1.29, 1.82) is 0 Å². The van der Waals surface area contributed by atoms with Crippen LogP contribution < -0.4 is 0 Å². The highest BCUT2D eigenvalue weighted by atomic mass is 16.7. The van der Waals surface area contributed by atoms with Gasteiger partial charge in [0.1, 0.15) is 13.2 Å². The summed E-state index contributed by atoms with van der Waals surface area (Å²) >= 11 is 0. The predicted molar refractivity (Wildman–Crippen MR) is 438 cm³/mol. The number of ether oxygens (including phenoxy) is 4. The van der Waals surface area contributed by atoms with Crippen molar-refractivity contribution in [3.05, 3.63) is 24.3 Å². The maximum atomic E-state index is 13.0. The monoisotopic (exact) mass is 1430 g/mol. The largest absolute Gasteiger partial charge is 0.477 e. The Labute approximate surface area is 630 Å². The number of carbonyl (C=O) groups excluding carboxylic acids is 2. The number of rotatable bonds is 87. The van der Waals surface area contributed by atoms with Gasteiger partial charge in [0.05, 0.1) is 34.4 Å². The third-order valence-corrected chi connectivity index (χ3v) is 21.2. The van der Waals surface area contributed by atoms with Gasteiger partial charge in [0.25, 0.3) is 6.29 Å². The highest BCUT2D eigenvalue weighted by molar-refractivity contribution is 5.71. The van der Waals surface area contributed by atoms with Crippen molar-refractivity contribution in [2.75, 3.05) is 47.5 Å².